The monoisotopic (exact) mass is 484 g/mol. The van der Waals surface area contributed by atoms with E-state index in [0.29, 0.717) is 27.5 Å². The van der Waals surface area contributed by atoms with Gasteiger partial charge >= 0.3 is 0 Å². The molecule has 0 aliphatic carbocycles. The van der Waals surface area contributed by atoms with Gasteiger partial charge in [0.05, 0.1) is 17.2 Å². The summed E-state index contributed by atoms with van der Waals surface area (Å²) in [6, 6.07) is 11.1. The molecule has 5 nitrogen and oxygen atoms in total. The zero-order valence-corrected chi connectivity index (χ0v) is 20.8. The Bertz CT molecular complexity index is 1290. The number of fused-ring (bicyclic) bond motifs is 1. The molecule has 0 N–H and O–H groups in total. The van der Waals surface area contributed by atoms with E-state index in [4.69, 9.17) is 9.72 Å². The second kappa shape index (κ2) is 9.60. The van der Waals surface area contributed by atoms with Crippen molar-refractivity contribution in [2.75, 3.05) is 6.61 Å². The molecule has 0 radical (unpaired) electrons. The van der Waals surface area contributed by atoms with Gasteiger partial charge in [0, 0.05) is 27.4 Å². The molecule has 3 heterocycles. The van der Waals surface area contributed by atoms with Crippen molar-refractivity contribution in [2.45, 2.75) is 44.1 Å². The first kappa shape index (κ1) is 22.8. The zero-order chi connectivity index (χ0) is 22.8. The maximum atomic E-state index is 13.5. The largest absolute Gasteiger partial charge is 0.494 e. The van der Waals surface area contributed by atoms with E-state index in [2.05, 4.69) is 0 Å². The lowest BCUT2D eigenvalue weighted by Gasteiger charge is -2.18. The van der Waals surface area contributed by atoms with E-state index in [9.17, 15) is 9.59 Å². The zero-order valence-electron chi connectivity index (χ0n) is 18.3. The quantitative estimate of drug-likeness (QED) is 0.162. The van der Waals surface area contributed by atoms with Gasteiger partial charge in [0.25, 0.3) is 5.56 Å². The Morgan fingerprint density at radius 3 is 2.53 bits per heavy atom. The molecule has 0 amide bonds. The molecule has 1 atom stereocenters. The molecule has 0 aliphatic heterocycles. The molecule has 0 fully saturated rings. The van der Waals surface area contributed by atoms with Gasteiger partial charge in [0.15, 0.2) is 10.9 Å². The lowest BCUT2D eigenvalue weighted by Crippen LogP contribution is -2.26. The highest BCUT2D eigenvalue weighted by Crippen LogP contribution is 2.36. The molecular formula is C24H24N2O3S3. The predicted molar refractivity (Wildman–Crippen MR) is 135 cm³/mol. The number of ketones is 1. The number of hydrogen-bond donors (Lipinski definition) is 0. The van der Waals surface area contributed by atoms with E-state index in [1.54, 1.807) is 40.2 Å². The van der Waals surface area contributed by atoms with Crippen LogP contribution in [0.15, 0.2) is 57.1 Å². The minimum Gasteiger partial charge on any atom is -0.494 e. The summed E-state index contributed by atoms with van der Waals surface area (Å²) >= 11 is 4.41. The van der Waals surface area contributed by atoms with E-state index in [0.717, 1.165) is 16.2 Å². The van der Waals surface area contributed by atoms with Gasteiger partial charge < -0.3 is 4.74 Å². The van der Waals surface area contributed by atoms with Crippen molar-refractivity contribution in [3.8, 4) is 16.2 Å². The third-order valence-electron chi connectivity index (χ3n) is 5.01. The van der Waals surface area contributed by atoms with Gasteiger partial charge in [-0.3, -0.25) is 14.2 Å². The van der Waals surface area contributed by atoms with Crippen LogP contribution in [-0.4, -0.2) is 27.2 Å². The number of aromatic nitrogens is 2. The fraction of sp³-hybridized carbons (Fsp3) is 0.292. The van der Waals surface area contributed by atoms with Gasteiger partial charge in [-0.05, 0) is 63.4 Å². The van der Waals surface area contributed by atoms with Crippen molar-refractivity contribution < 1.29 is 9.53 Å². The highest BCUT2D eigenvalue weighted by Gasteiger charge is 2.23. The van der Waals surface area contributed by atoms with Crippen LogP contribution in [0.2, 0.25) is 0 Å². The van der Waals surface area contributed by atoms with E-state index >= 15 is 0 Å². The normalized spacial score (nSPS) is 12.4. The molecule has 32 heavy (non-hydrogen) atoms. The first-order chi connectivity index (χ1) is 15.4. The van der Waals surface area contributed by atoms with Crippen molar-refractivity contribution in [3.05, 3.63) is 63.1 Å². The molecule has 0 aliphatic rings. The van der Waals surface area contributed by atoms with Crippen molar-refractivity contribution >= 4 is 50.4 Å². The molecule has 3 aromatic heterocycles. The Kier molecular flexibility index (Phi) is 6.83. The Labute approximate surface area is 199 Å². The highest BCUT2D eigenvalue weighted by atomic mass is 32.2. The number of thiophene rings is 2. The number of thioether (sulfide) groups is 1. The third-order valence-corrected chi connectivity index (χ3v) is 7.85. The van der Waals surface area contributed by atoms with E-state index in [-0.39, 0.29) is 22.6 Å². The van der Waals surface area contributed by atoms with Crippen LogP contribution in [0.1, 0.15) is 44.1 Å². The van der Waals surface area contributed by atoms with Gasteiger partial charge in [-0.25, -0.2) is 4.98 Å². The first-order valence-corrected chi connectivity index (χ1v) is 13.1. The summed E-state index contributed by atoms with van der Waals surface area (Å²) in [5, 5.41) is 4.84. The molecule has 0 saturated carbocycles. The molecule has 0 bridgehead atoms. The van der Waals surface area contributed by atoms with Crippen LogP contribution in [0.25, 0.3) is 20.7 Å². The Hall–Kier alpha value is -2.42. The summed E-state index contributed by atoms with van der Waals surface area (Å²) in [5.74, 6) is 0.734. The Balaban J connectivity index is 1.68. The summed E-state index contributed by atoms with van der Waals surface area (Å²) in [6.07, 6.45) is 0. The maximum absolute atomic E-state index is 13.5. The van der Waals surface area contributed by atoms with Crippen molar-refractivity contribution in [1.29, 1.82) is 0 Å². The molecule has 4 aromatic rings. The summed E-state index contributed by atoms with van der Waals surface area (Å²) in [6.45, 7) is 8.30. The number of rotatable bonds is 8. The molecule has 1 unspecified atom stereocenters. The van der Waals surface area contributed by atoms with Crippen molar-refractivity contribution in [1.82, 2.24) is 9.55 Å². The number of benzene rings is 1. The average molecular weight is 485 g/mol. The van der Waals surface area contributed by atoms with Crippen LogP contribution < -0.4 is 10.3 Å². The Morgan fingerprint density at radius 2 is 1.91 bits per heavy atom. The molecule has 166 valence electrons. The molecule has 4 rings (SSSR count). The molecular weight excluding hydrogens is 460 g/mol. The lowest BCUT2D eigenvalue weighted by atomic mass is 10.1. The van der Waals surface area contributed by atoms with Crippen molar-refractivity contribution in [3.63, 3.8) is 0 Å². The van der Waals surface area contributed by atoms with Crippen LogP contribution in [0, 0.1) is 0 Å². The molecule has 0 saturated heterocycles. The second-order valence-electron chi connectivity index (χ2n) is 7.55. The van der Waals surface area contributed by atoms with Gasteiger partial charge in [-0.1, -0.05) is 17.8 Å². The van der Waals surface area contributed by atoms with Crippen LogP contribution in [-0.2, 0) is 0 Å². The van der Waals surface area contributed by atoms with Crippen molar-refractivity contribution in [2.24, 2.45) is 0 Å². The van der Waals surface area contributed by atoms with Crippen LogP contribution in [0.3, 0.4) is 0 Å². The fourth-order valence-electron chi connectivity index (χ4n) is 3.46. The lowest BCUT2D eigenvalue weighted by molar-refractivity contribution is 0.0993. The number of carbonyl (C=O) groups is 1. The second-order valence-corrected chi connectivity index (χ2v) is 10.7. The van der Waals surface area contributed by atoms with Crippen LogP contribution in [0.4, 0.5) is 0 Å². The third kappa shape index (κ3) is 4.40. The van der Waals surface area contributed by atoms with Crippen LogP contribution >= 0.6 is 34.4 Å². The van der Waals surface area contributed by atoms with Gasteiger partial charge in [0.2, 0.25) is 0 Å². The number of hydrogen-bond acceptors (Lipinski definition) is 7. The van der Waals surface area contributed by atoms with Gasteiger partial charge in [0.1, 0.15) is 10.6 Å². The molecule has 0 spiro atoms. The number of carbonyl (C=O) groups excluding carboxylic acids is 1. The maximum Gasteiger partial charge on any atom is 0.263 e. The summed E-state index contributed by atoms with van der Waals surface area (Å²) in [4.78, 5) is 33.1. The average Bonchev–Trinajstić information content (AvgIpc) is 3.43. The standard InChI is InChI=1S/C24H24N2O3S3/c1-5-29-17-10-8-16(9-11-17)21(27)15(4)32-24-25-22-20(23(28)26(24)14(2)3)18(13-31-22)19-7-6-12-30-19/h6-15H,5H2,1-4H3. The number of nitrogens with zero attached hydrogens (tertiary/aromatic N) is 2. The van der Waals surface area contributed by atoms with E-state index < -0.39 is 0 Å². The minimum atomic E-state index is -0.390. The predicted octanol–water partition coefficient (Wildman–Crippen LogP) is 6.53. The number of ether oxygens (including phenoxy) is 1. The first-order valence-electron chi connectivity index (χ1n) is 10.4. The summed E-state index contributed by atoms with van der Waals surface area (Å²) < 4.78 is 7.17. The van der Waals surface area contributed by atoms with E-state index in [1.807, 2.05) is 50.6 Å². The summed E-state index contributed by atoms with van der Waals surface area (Å²) in [5.41, 5.74) is 1.49. The number of Topliss-reactive ketones (excluding diaryl/α,β-unsaturated/α-hetero) is 1. The van der Waals surface area contributed by atoms with Gasteiger partial charge in [-0.15, -0.1) is 22.7 Å². The van der Waals surface area contributed by atoms with Gasteiger partial charge in [-0.2, -0.15) is 0 Å². The topological polar surface area (TPSA) is 61.2 Å². The summed E-state index contributed by atoms with van der Waals surface area (Å²) in [7, 11) is 0. The highest BCUT2D eigenvalue weighted by molar-refractivity contribution is 8.00. The fourth-order valence-corrected chi connectivity index (χ4v) is 6.39. The smallest absolute Gasteiger partial charge is 0.263 e. The van der Waals surface area contributed by atoms with E-state index in [1.165, 1.54) is 23.1 Å². The molecule has 8 heteroatoms. The minimum absolute atomic E-state index is 0.00634. The SMILES string of the molecule is CCOc1ccc(C(=O)C(C)Sc2nc3scc(-c4cccs4)c3c(=O)n2C(C)C)cc1. The molecule has 1 aromatic carbocycles. The Morgan fingerprint density at radius 1 is 1.16 bits per heavy atom. The van der Waals surface area contributed by atoms with Crippen LogP contribution in [0.5, 0.6) is 5.75 Å².